The number of carboxylic acids is 1. The second-order valence-corrected chi connectivity index (χ2v) is 4.51. The SMILES string of the molecule is CC(NCc1ccc(C(=O)O)cc1)C1CC1. The minimum absolute atomic E-state index is 0.346. The standard InChI is InChI=1S/C13H17NO2/c1-9(11-6-7-11)14-8-10-2-4-12(5-3-10)13(15)16/h2-5,9,11,14H,6-8H2,1H3,(H,15,16). The summed E-state index contributed by atoms with van der Waals surface area (Å²) in [5.41, 5.74) is 1.48. The van der Waals surface area contributed by atoms with E-state index in [0.29, 0.717) is 11.6 Å². The average Bonchev–Trinajstić information content (AvgIpc) is 3.10. The van der Waals surface area contributed by atoms with E-state index in [0.717, 1.165) is 18.0 Å². The van der Waals surface area contributed by atoms with E-state index in [-0.39, 0.29) is 0 Å². The van der Waals surface area contributed by atoms with E-state index in [1.54, 1.807) is 12.1 Å². The Balaban J connectivity index is 1.86. The van der Waals surface area contributed by atoms with Crippen molar-refractivity contribution in [2.45, 2.75) is 32.4 Å². The van der Waals surface area contributed by atoms with Gasteiger partial charge in [-0.15, -0.1) is 0 Å². The number of benzene rings is 1. The summed E-state index contributed by atoms with van der Waals surface area (Å²) in [5.74, 6) is -0.0239. The molecule has 0 radical (unpaired) electrons. The van der Waals surface area contributed by atoms with Crippen molar-refractivity contribution in [3.05, 3.63) is 35.4 Å². The van der Waals surface area contributed by atoms with Gasteiger partial charge in [0.1, 0.15) is 0 Å². The van der Waals surface area contributed by atoms with Crippen LogP contribution < -0.4 is 5.32 Å². The van der Waals surface area contributed by atoms with Crippen LogP contribution in [0.2, 0.25) is 0 Å². The fourth-order valence-electron chi connectivity index (χ4n) is 1.81. The van der Waals surface area contributed by atoms with Gasteiger partial charge < -0.3 is 10.4 Å². The number of rotatable bonds is 5. The summed E-state index contributed by atoms with van der Waals surface area (Å²) in [5, 5.41) is 12.2. The Kier molecular flexibility index (Phi) is 3.25. The molecule has 3 heteroatoms. The summed E-state index contributed by atoms with van der Waals surface area (Å²) in [4.78, 5) is 10.7. The number of carbonyl (C=O) groups is 1. The van der Waals surface area contributed by atoms with E-state index in [1.807, 2.05) is 12.1 Å². The summed E-state index contributed by atoms with van der Waals surface area (Å²) in [6.45, 7) is 3.03. The molecule has 0 aromatic heterocycles. The Labute approximate surface area is 95.5 Å². The van der Waals surface area contributed by atoms with Crippen LogP contribution in [0.5, 0.6) is 0 Å². The van der Waals surface area contributed by atoms with Crippen molar-refractivity contribution in [2.75, 3.05) is 0 Å². The summed E-state index contributed by atoms with van der Waals surface area (Å²) < 4.78 is 0. The Bertz CT molecular complexity index is 368. The maximum atomic E-state index is 10.7. The van der Waals surface area contributed by atoms with Gasteiger partial charge in [0.15, 0.2) is 0 Å². The van der Waals surface area contributed by atoms with Crippen LogP contribution in [0.3, 0.4) is 0 Å². The van der Waals surface area contributed by atoms with Crippen LogP contribution in [0.4, 0.5) is 0 Å². The third-order valence-corrected chi connectivity index (χ3v) is 3.16. The second kappa shape index (κ2) is 4.66. The summed E-state index contributed by atoms with van der Waals surface area (Å²) in [6.07, 6.45) is 2.68. The molecule has 1 aliphatic rings. The first-order valence-electron chi connectivity index (χ1n) is 5.72. The van der Waals surface area contributed by atoms with Crippen molar-refractivity contribution < 1.29 is 9.90 Å². The summed E-state index contributed by atoms with van der Waals surface area (Å²) in [7, 11) is 0. The van der Waals surface area contributed by atoms with Gasteiger partial charge in [-0.2, -0.15) is 0 Å². The topological polar surface area (TPSA) is 49.3 Å². The van der Waals surface area contributed by atoms with Gasteiger partial charge in [-0.3, -0.25) is 0 Å². The molecular weight excluding hydrogens is 202 g/mol. The maximum absolute atomic E-state index is 10.7. The number of nitrogens with one attached hydrogen (secondary N) is 1. The van der Waals surface area contributed by atoms with Gasteiger partial charge in [0.2, 0.25) is 0 Å². The molecule has 2 N–H and O–H groups in total. The highest BCUT2D eigenvalue weighted by atomic mass is 16.4. The molecule has 1 fully saturated rings. The van der Waals surface area contributed by atoms with E-state index >= 15 is 0 Å². The smallest absolute Gasteiger partial charge is 0.335 e. The lowest BCUT2D eigenvalue weighted by Gasteiger charge is -2.12. The largest absolute Gasteiger partial charge is 0.478 e. The third-order valence-electron chi connectivity index (χ3n) is 3.16. The van der Waals surface area contributed by atoms with Crippen molar-refractivity contribution in [1.82, 2.24) is 5.32 Å². The second-order valence-electron chi connectivity index (χ2n) is 4.51. The van der Waals surface area contributed by atoms with Gasteiger partial charge >= 0.3 is 5.97 Å². The zero-order valence-electron chi connectivity index (χ0n) is 9.44. The number of hydrogen-bond acceptors (Lipinski definition) is 2. The van der Waals surface area contributed by atoms with Gasteiger partial charge in [-0.25, -0.2) is 4.79 Å². The predicted molar refractivity (Wildman–Crippen MR) is 62.4 cm³/mol. The lowest BCUT2D eigenvalue weighted by atomic mass is 10.1. The molecule has 1 aromatic rings. The van der Waals surface area contributed by atoms with Crippen molar-refractivity contribution in [1.29, 1.82) is 0 Å². The van der Waals surface area contributed by atoms with Crippen LogP contribution in [0.25, 0.3) is 0 Å². The quantitative estimate of drug-likeness (QED) is 0.798. The molecular formula is C13H17NO2. The molecule has 2 rings (SSSR count). The molecule has 3 nitrogen and oxygen atoms in total. The molecule has 86 valence electrons. The lowest BCUT2D eigenvalue weighted by Crippen LogP contribution is -2.27. The molecule has 0 spiro atoms. The molecule has 1 unspecified atom stereocenters. The molecule has 16 heavy (non-hydrogen) atoms. The Morgan fingerprint density at radius 3 is 2.56 bits per heavy atom. The fraction of sp³-hybridized carbons (Fsp3) is 0.462. The lowest BCUT2D eigenvalue weighted by molar-refractivity contribution is 0.0697. The van der Waals surface area contributed by atoms with E-state index in [9.17, 15) is 4.79 Å². The van der Waals surface area contributed by atoms with Gasteiger partial charge in [0.25, 0.3) is 0 Å². The summed E-state index contributed by atoms with van der Waals surface area (Å²) in [6, 6.07) is 7.62. The summed E-state index contributed by atoms with van der Waals surface area (Å²) >= 11 is 0. The van der Waals surface area contributed by atoms with Gasteiger partial charge in [-0.1, -0.05) is 12.1 Å². The highest BCUT2D eigenvalue weighted by Gasteiger charge is 2.27. The first-order chi connectivity index (χ1) is 7.66. The van der Waals surface area contributed by atoms with E-state index < -0.39 is 5.97 Å². The monoisotopic (exact) mass is 219 g/mol. The molecule has 0 saturated heterocycles. The Hall–Kier alpha value is -1.35. The third kappa shape index (κ3) is 2.83. The van der Waals surface area contributed by atoms with Gasteiger partial charge in [0, 0.05) is 12.6 Å². The van der Waals surface area contributed by atoms with E-state index in [1.165, 1.54) is 12.8 Å². The Morgan fingerprint density at radius 2 is 2.06 bits per heavy atom. The average molecular weight is 219 g/mol. The zero-order chi connectivity index (χ0) is 11.5. The van der Waals surface area contributed by atoms with Crippen LogP contribution in [-0.4, -0.2) is 17.1 Å². The normalized spacial score (nSPS) is 17.1. The highest BCUT2D eigenvalue weighted by molar-refractivity contribution is 5.87. The first kappa shape index (κ1) is 11.1. The van der Waals surface area contributed by atoms with Crippen LogP contribution in [0.15, 0.2) is 24.3 Å². The Morgan fingerprint density at radius 1 is 1.44 bits per heavy atom. The number of hydrogen-bond donors (Lipinski definition) is 2. The maximum Gasteiger partial charge on any atom is 0.335 e. The molecule has 1 saturated carbocycles. The molecule has 0 heterocycles. The fourth-order valence-corrected chi connectivity index (χ4v) is 1.81. The van der Waals surface area contributed by atoms with Gasteiger partial charge in [0.05, 0.1) is 5.56 Å². The van der Waals surface area contributed by atoms with Crippen LogP contribution in [0.1, 0.15) is 35.7 Å². The van der Waals surface area contributed by atoms with Crippen molar-refractivity contribution in [3.63, 3.8) is 0 Å². The van der Waals surface area contributed by atoms with Gasteiger partial charge in [-0.05, 0) is 43.4 Å². The van der Waals surface area contributed by atoms with Crippen molar-refractivity contribution in [3.8, 4) is 0 Å². The minimum Gasteiger partial charge on any atom is -0.478 e. The molecule has 0 bridgehead atoms. The number of carboxylic acid groups (broad SMARTS) is 1. The molecule has 0 aliphatic heterocycles. The van der Waals surface area contributed by atoms with Crippen LogP contribution in [-0.2, 0) is 6.54 Å². The van der Waals surface area contributed by atoms with Crippen LogP contribution in [0, 0.1) is 5.92 Å². The van der Waals surface area contributed by atoms with Crippen LogP contribution >= 0.6 is 0 Å². The molecule has 1 atom stereocenters. The van der Waals surface area contributed by atoms with E-state index in [4.69, 9.17) is 5.11 Å². The van der Waals surface area contributed by atoms with E-state index in [2.05, 4.69) is 12.2 Å². The number of aromatic carboxylic acids is 1. The van der Waals surface area contributed by atoms with Crippen molar-refractivity contribution >= 4 is 5.97 Å². The molecule has 1 aromatic carbocycles. The van der Waals surface area contributed by atoms with Crippen molar-refractivity contribution in [2.24, 2.45) is 5.92 Å². The minimum atomic E-state index is -0.870. The first-order valence-corrected chi connectivity index (χ1v) is 5.72. The molecule has 0 amide bonds. The zero-order valence-corrected chi connectivity index (χ0v) is 9.44. The molecule has 1 aliphatic carbocycles. The predicted octanol–water partition coefficient (Wildman–Crippen LogP) is 2.27. The highest BCUT2D eigenvalue weighted by Crippen LogP contribution is 2.32.